The highest BCUT2D eigenvalue weighted by atomic mass is 16.3. The normalized spacial score (nSPS) is 21.8. The van der Waals surface area contributed by atoms with Crippen molar-refractivity contribution >= 4 is 11.6 Å². The summed E-state index contributed by atoms with van der Waals surface area (Å²) in [6, 6.07) is 5.88. The molecular weight excluding hydrogens is 228 g/mol. The van der Waals surface area contributed by atoms with Gasteiger partial charge in [0.05, 0.1) is 12.6 Å². The van der Waals surface area contributed by atoms with Crippen molar-refractivity contribution in [3.8, 4) is 0 Å². The average molecular weight is 246 g/mol. The molecule has 1 unspecified atom stereocenters. The number of amides is 1. The van der Waals surface area contributed by atoms with Crippen LogP contribution in [0.5, 0.6) is 0 Å². The first-order valence-electron chi connectivity index (χ1n) is 6.58. The summed E-state index contributed by atoms with van der Waals surface area (Å²) in [6.07, 6.45) is 2.93. The van der Waals surface area contributed by atoms with Crippen LogP contribution in [0.15, 0.2) is 18.2 Å². The molecular formula is C14H18N2O2. The minimum atomic E-state index is -0.00119. The van der Waals surface area contributed by atoms with Gasteiger partial charge < -0.3 is 15.3 Å². The molecule has 0 aromatic heterocycles. The smallest absolute Gasteiger partial charge is 0.254 e. The van der Waals surface area contributed by atoms with E-state index in [2.05, 4.69) is 5.32 Å². The standard InChI is InChI=1S/C14H18N2O2/c17-9-12-2-1-7-16(12)14(18)11-4-3-10-5-6-15-13(10)8-11/h3-4,8,12,15,17H,1-2,5-7,9H2. The zero-order chi connectivity index (χ0) is 12.5. The third-order valence-corrected chi connectivity index (χ3v) is 3.92. The Hall–Kier alpha value is -1.55. The number of hydrogen-bond donors (Lipinski definition) is 2. The molecule has 0 spiro atoms. The highest BCUT2D eigenvalue weighted by Crippen LogP contribution is 2.26. The number of nitrogens with one attached hydrogen (secondary N) is 1. The number of benzene rings is 1. The first-order chi connectivity index (χ1) is 8.79. The molecule has 1 aromatic carbocycles. The van der Waals surface area contributed by atoms with Crippen molar-refractivity contribution in [3.63, 3.8) is 0 Å². The fourth-order valence-corrected chi connectivity index (χ4v) is 2.88. The van der Waals surface area contributed by atoms with Gasteiger partial charge in [-0.3, -0.25) is 4.79 Å². The number of rotatable bonds is 2. The second-order valence-corrected chi connectivity index (χ2v) is 5.03. The number of anilines is 1. The highest BCUT2D eigenvalue weighted by molar-refractivity contribution is 5.96. The summed E-state index contributed by atoms with van der Waals surface area (Å²) in [5.74, 6) is 0.0445. The van der Waals surface area contributed by atoms with Crippen molar-refractivity contribution in [2.24, 2.45) is 0 Å². The van der Waals surface area contributed by atoms with Crippen LogP contribution in [0.1, 0.15) is 28.8 Å². The lowest BCUT2D eigenvalue weighted by Crippen LogP contribution is -2.37. The van der Waals surface area contributed by atoms with Gasteiger partial charge in [-0.1, -0.05) is 6.07 Å². The van der Waals surface area contributed by atoms with E-state index in [1.54, 1.807) is 4.90 Å². The van der Waals surface area contributed by atoms with Gasteiger partial charge in [0.15, 0.2) is 0 Å². The minimum absolute atomic E-state index is 0.00119. The molecule has 2 aliphatic rings. The maximum Gasteiger partial charge on any atom is 0.254 e. The molecule has 1 aromatic rings. The topological polar surface area (TPSA) is 52.6 Å². The van der Waals surface area contributed by atoms with Crippen LogP contribution in [0.3, 0.4) is 0 Å². The third-order valence-electron chi connectivity index (χ3n) is 3.92. The largest absolute Gasteiger partial charge is 0.394 e. The molecule has 2 aliphatic heterocycles. The Labute approximate surface area is 107 Å². The van der Waals surface area contributed by atoms with E-state index in [9.17, 15) is 9.90 Å². The molecule has 0 radical (unpaired) electrons. The predicted molar refractivity (Wildman–Crippen MR) is 69.8 cm³/mol. The van der Waals surface area contributed by atoms with Gasteiger partial charge in [0.1, 0.15) is 0 Å². The van der Waals surface area contributed by atoms with Crippen molar-refractivity contribution in [2.75, 3.05) is 25.0 Å². The van der Waals surface area contributed by atoms with Crippen LogP contribution in [0.25, 0.3) is 0 Å². The molecule has 2 N–H and O–H groups in total. The summed E-state index contributed by atoms with van der Waals surface area (Å²) in [5.41, 5.74) is 3.09. The Kier molecular flexibility index (Phi) is 2.96. The van der Waals surface area contributed by atoms with Crippen LogP contribution >= 0.6 is 0 Å². The number of fused-ring (bicyclic) bond motifs is 1. The number of aliphatic hydroxyl groups is 1. The molecule has 18 heavy (non-hydrogen) atoms. The van der Waals surface area contributed by atoms with Crippen LogP contribution in [-0.2, 0) is 6.42 Å². The second-order valence-electron chi connectivity index (χ2n) is 5.03. The molecule has 0 bridgehead atoms. The maximum atomic E-state index is 12.4. The molecule has 1 atom stereocenters. The predicted octanol–water partition coefficient (Wildman–Crippen LogP) is 1.25. The second kappa shape index (κ2) is 4.61. The van der Waals surface area contributed by atoms with Crippen molar-refractivity contribution in [1.82, 2.24) is 4.90 Å². The molecule has 1 fully saturated rings. The monoisotopic (exact) mass is 246 g/mol. The van der Waals surface area contributed by atoms with Gasteiger partial charge in [-0.15, -0.1) is 0 Å². The molecule has 2 heterocycles. The van der Waals surface area contributed by atoms with Crippen molar-refractivity contribution in [1.29, 1.82) is 0 Å². The molecule has 96 valence electrons. The Morgan fingerprint density at radius 3 is 3.22 bits per heavy atom. The van der Waals surface area contributed by atoms with Gasteiger partial charge in [0.25, 0.3) is 5.91 Å². The Balaban J connectivity index is 1.84. The minimum Gasteiger partial charge on any atom is -0.394 e. The lowest BCUT2D eigenvalue weighted by molar-refractivity contribution is 0.0677. The lowest BCUT2D eigenvalue weighted by atomic mass is 10.1. The van der Waals surface area contributed by atoms with Crippen molar-refractivity contribution in [2.45, 2.75) is 25.3 Å². The fraction of sp³-hybridized carbons (Fsp3) is 0.500. The summed E-state index contributed by atoms with van der Waals surface area (Å²) in [6.45, 7) is 1.78. The van der Waals surface area contributed by atoms with Gasteiger partial charge in [-0.25, -0.2) is 0 Å². The molecule has 0 saturated carbocycles. The van der Waals surface area contributed by atoms with E-state index in [-0.39, 0.29) is 18.6 Å². The zero-order valence-corrected chi connectivity index (χ0v) is 10.4. The van der Waals surface area contributed by atoms with Crippen LogP contribution in [-0.4, -0.2) is 41.7 Å². The Bertz CT molecular complexity index is 473. The number of likely N-dealkylation sites (tertiary alicyclic amines) is 1. The molecule has 1 amide bonds. The lowest BCUT2D eigenvalue weighted by Gasteiger charge is -2.23. The van der Waals surface area contributed by atoms with Crippen LogP contribution in [0.4, 0.5) is 5.69 Å². The van der Waals surface area contributed by atoms with E-state index < -0.39 is 0 Å². The van der Waals surface area contributed by atoms with E-state index in [0.29, 0.717) is 0 Å². The van der Waals surface area contributed by atoms with E-state index in [4.69, 9.17) is 0 Å². The van der Waals surface area contributed by atoms with Gasteiger partial charge in [-0.2, -0.15) is 0 Å². The van der Waals surface area contributed by atoms with E-state index in [1.165, 1.54) is 5.56 Å². The van der Waals surface area contributed by atoms with Crippen molar-refractivity contribution < 1.29 is 9.90 Å². The summed E-state index contributed by atoms with van der Waals surface area (Å²) >= 11 is 0. The highest BCUT2D eigenvalue weighted by Gasteiger charge is 2.29. The third kappa shape index (κ3) is 1.86. The first-order valence-corrected chi connectivity index (χ1v) is 6.58. The van der Waals surface area contributed by atoms with Gasteiger partial charge in [0, 0.05) is 24.3 Å². The summed E-state index contributed by atoms with van der Waals surface area (Å²) in [7, 11) is 0. The number of carbonyl (C=O) groups excluding carboxylic acids is 1. The number of nitrogens with zero attached hydrogens (tertiary/aromatic N) is 1. The fourth-order valence-electron chi connectivity index (χ4n) is 2.88. The first kappa shape index (κ1) is 11.5. The van der Waals surface area contributed by atoms with Crippen LogP contribution < -0.4 is 5.32 Å². The van der Waals surface area contributed by atoms with E-state index in [1.807, 2.05) is 18.2 Å². The maximum absolute atomic E-state index is 12.4. The number of aliphatic hydroxyl groups excluding tert-OH is 1. The zero-order valence-electron chi connectivity index (χ0n) is 10.4. The van der Waals surface area contributed by atoms with Crippen molar-refractivity contribution in [3.05, 3.63) is 29.3 Å². The summed E-state index contributed by atoms with van der Waals surface area (Å²) < 4.78 is 0. The van der Waals surface area contributed by atoms with E-state index >= 15 is 0 Å². The summed E-state index contributed by atoms with van der Waals surface area (Å²) in [5, 5.41) is 12.6. The van der Waals surface area contributed by atoms with Gasteiger partial charge in [-0.05, 0) is 37.0 Å². The quantitative estimate of drug-likeness (QED) is 0.826. The van der Waals surface area contributed by atoms with E-state index in [0.717, 1.165) is 43.6 Å². The Morgan fingerprint density at radius 2 is 2.39 bits per heavy atom. The van der Waals surface area contributed by atoms with Gasteiger partial charge in [0.2, 0.25) is 0 Å². The number of hydrogen-bond acceptors (Lipinski definition) is 3. The van der Waals surface area contributed by atoms with Crippen LogP contribution in [0, 0.1) is 0 Å². The van der Waals surface area contributed by atoms with Crippen LogP contribution in [0.2, 0.25) is 0 Å². The molecule has 4 nitrogen and oxygen atoms in total. The average Bonchev–Trinajstić information content (AvgIpc) is 3.05. The molecule has 3 rings (SSSR count). The SMILES string of the molecule is O=C(c1ccc2c(c1)NCC2)N1CCCC1CO. The molecule has 4 heteroatoms. The molecule has 0 aliphatic carbocycles. The Morgan fingerprint density at radius 1 is 1.50 bits per heavy atom. The summed E-state index contributed by atoms with van der Waals surface area (Å²) in [4.78, 5) is 14.2. The number of carbonyl (C=O) groups is 1. The van der Waals surface area contributed by atoms with Gasteiger partial charge >= 0.3 is 0 Å². The molecule has 1 saturated heterocycles.